The summed E-state index contributed by atoms with van der Waals surface area (Å²) in [4.78, 5) is 28.1. The summed E-state index contributed by atoms with van der Waals surface area (Å²) in [5.41, 5.74) is 3.30. The minimum absolute atomic E-state index is 0.110. The number of carbonyl (C=O) groups excluding carboxylic acids is 2. The largest absolute Gasteiger partial charge is 0.352 e. The maximum atomic E-state index is 13.5. The molecule has 0 spiro atoms. The highest BCUT2D eigenvalue weighted by atomic mass is 35.5. The van der Waals surface area contributed by atoms with E-state index in [2.05, 4.69) is 5.32 Å². The molecule has 7 nitrogen and oxygen atoms in total. The van der Waals surface area contributed by atoms with Crippen molar-refractivity contribution in [1.82, 2.24) is 10.2 Å². The lowest BCUT2D eigenvalue weighted by molar-refractivity contribution is -0.141. The molecule has 0 radical (unpaired) electrons. The second-order valence-corrected chi connectivity index (χ2v) is 12.4. The quantitative estimate of drug-likeness (QED) is 0.430. The molecular formula is C28H38ClN3O4S. The van der Waals surface area contributed by atoms with Gasteiger partial charge in [0.15, 0.2) is 0 Å². The number of benzene rings is 2. The molecule has 9 heteroatoms. The summed E-state index contributed by atoms with van der Waals surface area (Å²) in [7, 11) is -3.59. The number of anilines is 1. The van der Waals surface area contributed by atoms with Crippen LogP contribution in [0.4, 0.5) is 5.69 Å². The Morgan fingerprint density at radius 2 is 1.81 bits per heavy atom. The maximum Gasteiger partial charge on any atom is 0.242 e. The average Bonchev–Trinajstić information content (AvgIpc) is 3.34. The van der Waals surface area contributed by atoms with Gasteiger partial charge >= 0.3 is 0 Å². The fraction of sp³-hybridized carbons (Fsp3) is 0.500. The number of amides is 2. The Bertz CT molecular complexity index is 1210. The predicted molar refractivity (Wildman–Crippen MR) is 149 cm³/mol. The van der Waals surface area contributed by atoms with E-state index in [1.54, 1.807) is 30.0 Å². The molecule has 0 heterocycles. The molecule has 1 saturated carbocycles. The first-order valence-electron chi connectivity index (χ1n) is 12.8. The zero-order chi connectivity index (χ0) is 27.2. The molecular weight excluding hydrogens is 510 g/mol. The van der Waals surface area contributed by atoms with Gasteiger partial charge in [0.1, 0.15) is 6.04 Å². The van der Waals surface area contributed by atoms with E-state index in [0.29, 0.717) is 23.7 Å². The Balaban J connectivity index is 1.74. The highest BCUT2D eigenvalue weighted by Gasteiger charge is 2.29. The molecule has 1 N–H and O–H groups in total. The molecule has 37 heavy (non-hydrogen) atoms. The number of sulfonamides is 1. The fourth-order valence-corrected chi connectivity index (χ4v) is 6.00. The van der Waals surface area contributed by atoms with Crippen LogP contribution in [0, 0.1) is 13.8 Å². The number of nitrogens with zero attached hydrogens (tertiary/aromatic N) is 2. The van der Waals surface area contributed by atoms with Crippen molar-refractivity contribution in [3.63, 3.8) is 0 Å². The topological polar surface area (TPSA) is 86.8 Å². The van der Waals surface area contributed by atoms with Gasteiger partial charge < -0.3 is 10.2 Å². The van der Waals surface area contributed by atoms with Gasteiger partial charge in [-0.15, -0.1) is 0 Å². The Kier molecular flexibility index (Phi) is 10.0. The molecule has 1 atom stereocenters. The summed E-state index contributed by atoms with van der Waals surface area (Å²) in [5, 5.41) is 3.55. The second kappa shape index (κ2) is 12.8. The summed E-state index contributed by atoms with van der Waals surface area (Å²) < 4.78 is 26.4. The predicted octanol–water partition coefficient (Wildman–Crippen LogP) is 4.98. The van der Waals surface area contributed by atoms with Gasteiger partial charge in [0, 0.05) is 30.6 Å². The number of aryl methyl sites for hydroxylation is 2. The van der Waals surface area contributed by atoms with Crippen LogP contribution in [0.25, 0.3) is 0 Å². The molecule has 0 aliphatic heterocycles. The van der Waals surface area contributed by atoms with Crippen LogP contribution >= 0.6 is 11.6 Å². The number of carbonyl (C=O) groups is 2. The molecule has 3 rings (SSSR count). The first-order valence-corrected chi connectivity index (χ1v) is 15.1. The van der Waals surface area contributed by atoms with Crippen LogP contribution in [0.2, 0.25) is 5.02 Å². The summed E-state index contributed by atoms with van der Waals surface area (Å²) >= 11 is 6.13. The zero-order valence-corrected chi connectivity index (χ0v) is 23.7. The van der Waals surface area contributed by atoms with Crippen LogP contribution in [0.3, 0.4) is 0 Å². The van der Waals surface area contributed by atoms with E-state index in [1.807, 2.05) is 38.1 Å². The van der Waals surface area contributed by atoms with Crippen molar-refractivity contribution < 1.29 is 18.0 Å². The summed E-state index contributed by atoms with van der Waals surface area (Å²) in [5.74, 6) is -0.341. The van der Waals surface area contributed by atoms with Gasteiger partial charge in [-0.3, -0.25) is 13.9 Å². The van der Waals surface area contributed by atoms with Crippen LogP contribution in [-0.2, 0) is 26.2 Å². The third kappa shape index (κ3) is 8.20. The smallest absolute Gasteiger partial charge is 0.242 e. The summed E-state index contributed by atoms with van der Waals surface area (Å²) in [6, 6.07) is 12.5. The van der Waals surface area contributed by atoms with Crippen molar-refractivity contribution >= 4 is 39.1 Å². The minimum atomic E-state index is -3.59. The molecule has 1 aliphatic carbocycles. The summed E-state index contributed by atoms with van der Waals surface area (Å²) in [6.45, 7) is 6.01. The third-order valence-electron chi connectivity index (χ3n) is 6.90. The average molecular weight is 548 g/mol. The Morgan fingerprint density at radius 1 is 1.11 bits per heavy atom. The second-order valence-electron chi connectivity index (χ2n) is 10.0. The number of hydrogen-bond donors (Lipinski definition) is 1. The molecule has 2 aromatic carbocycles. The maximum absolute atomic E-state index is 13.5. The molecule has 2 amide bonds. The van der Waals surface area contributed by atoms with Crippen molar-refractivity contribution in [2.24, 2.45) is 0 Å². The van der Waals surface area contributed by atoms with Gasteiger partial charge in [0.05, 0.1) is 11.9 Å². The van der Waals surface area contributed by atoms with E-state index < -0.39 is 16.1 Å². The van der Waals surface area contributed by atoms with E-state index in [4.69, 9.17) is 11.6 Å². The normalized spacial score (nSPS) is 14.8. The van der Waals surface area contributed by atoms with E-state index in [-0.39, 0.29) is 30.8 Å². The van der Waals surface area contributed by atoms with Crippen molar-refractivity contribution in [3.8, 4) is 0 Å². The van der Waals surface area contributed by atoms with E-state index in [1.165, 1.54) is 4.31 Å². The number of hydrogen-bond acceptors (Lipinski definition) is 4. The molecule has 0 saturated heterocycles. The van der Waals surface area contributed by atoms with Gasteiger partial charge in [-0.2, -0.15) is 0 Å². The van der Waals surface area contributed by atoms with Crippen LogP contribution in [0.1, 0.15) is 62.1 Å². The van der Waals surface area contributed by atoms with Crippen LogP contribution in [-0.4, -0.2) is 50.0 Å². The lowest BCUT2D eigenvalue weighted by atomic mass is 10.1. The van der Waals surface area contributed by atoms with Crippen molar-refractivity contribution in [2.45, 2.75) is 77.9 Å². The van der Waals surface area contributed by atoms with Gasteiger partial charge in [-0.25, -0.2) is 8.42 Å². The fourth-order valence-electron chi connectivity index (χ4n) is 4.82. The Morgan fingerprint density at radius 3 is 2.46 bits per heavy atom. The van der Waals surface area contributed by atoms with Crippen molar-refractivity contribution in [3.05, 3.63) is 64.2 Å². The summed E-state index contributed by atoms with van der Waals surface area (Å²) in [6.07, 6.45) is 5.71. The Hall–Kier alpha value is -2.58. The van der Waals surface area contributed by atoms with Crippen LogP contribution in [0.5, 0.6) is 0 Å². The third-order valence-corrected chi connectivity index (χ3v) is 8.31. The number of nitrogens with one attached hydrogen (secondary N) is 1. The van der Waals surface area contributed by atoms with Gasteiger partial charge in [0.25, 0.3) is 0 Å². The number of rotatable bonds is 11. The SMILES string of the molecule is Cc1cccc(CN(C(=O)CCCN(c2cc(Cl)ccc2C)S(C)(=O)=O)[C@H](C)C(=O)NC2CCCC2)c1. The lowest BCUT2D eigenvalue weighted by Crippen LogP contribution is -2.49. The number of halogens is 1. The van der Waals surface area contributed by atoms with Gasteiger partial charge in [0.2, 0.25) is 21.8 Å². The van der Waals surface area contributed by atoms with Gasteiger partial charge in [-0.05, 0) is 63.3 Å². The van der Waals surface area contributed by atoms with Crippen molar-refractivity contribution in [1.29, 1.82) is 0 Å². The molecule has 2 aromatic rings. The van der Waals surface area contributed by atoms with Crippen LogP contribution in [0.15, 0.2) is 42.5 Å². The van der Waals surface area contributed by atoms with E-state index in [9.17, 15) is 18.0 Å². The minimum Gasteiger partial charge on any atom is -0.352 e. The van der Waals surface area contributed by atoms with E-state index >= 15 is 0 Å². The molecule has 1 fully saturated rings. The van der Waals surface area contributed by atoms with Crippen LogP contribution < -0.4 is 9.62 Å². The lowest BCUT2D eigenvalue weighted by Gasteiger charge is -2.30. The molecule has 0 bridgehead atoms. The first kappa shape index (κ1) is 29.0. The molecule has 1 aliphatic rings. The highest BCUT2D eigenvalue weighted by Crippen LogP contribution is 2.27. The Labute approximate surface area is 226 Å². The monoisotopic (exact) mass is 547 g/mol. The molecule has 0 aromatic heterocycles. The standard InChI is InChI=1S/C28H38ClN3O4S/c1-20-9-7-10-23(17-20)19-31(22(3)28(34)30-25-11-5-6-12-25)27(33)13-8-16-32(37(4,35)36)26-18-24(29)15-14-21(26)2/h7,9-10,14-15,17-18,22,25H,5-6,8,11-13,16,19H2,1-4H3,(H,30,34)/t22-/m1/s1. The van der Waals surface area contributed by atoms with Gasteiger partial charge in [-0.1, -0.05) is 60.3 Å². The zero-order valence-electron chi connectivity index (χ0n) is 22.2. The molecule has 202 valence electrons. The molecule has 0 unspecified atom stereocenters. The first-order chi connectivity index (χ1) is 17.5. The highest BCUT2D eigenvalue weighted by molar-refractivity contribution is 7.92. The van der Waals surface area contributed by atoms with Crippen molar-refractivity contribution in [2.75, 3.05) is 17.1 Å². The van der Waals surface area contributed by atoms with E-state index in [0.717, 1.165) is 48.6 Å².